The molecule has 2 N–H and O–H groups in total. The third kappa shape index (κ3) is 4.21. The van der Waals surface area contributed by atoms with Gasteiger partial charge in [-0.3, -0.25) is 0 Å². The monoisotopic (exact) mass is 324 g/mol. The van der Waals surface area contributed by atoms with Crippen molar-refractivity contribution in [3.63, 3.8) is 0 Å². The Kier molecular flexibility index (Phi) is 5.01. The lowest BCUT2D eigenvalue weighted by molar-refractivity contribution is -0.138. The number of urea groups is 1. The van der Waals surface area contributed by atoms with Crippen molar-refractivity contribution in [1.29, 1.82) is 0 Å². The van der Waals surface area contributed by atoms with Gasteiger partial charge in [0.05, 0.1) is 5.56 Å². The Labute approximate surface area is 111 Å². The van der Waals surface area contributed by atoms with Gasteiger partial charge in [-0.2, -0.15) is 13.2 Å². The van der Waals surface area contributed by atoms with Crippen LogP contribution in [0.15, 0.2) is 22.7 Å². The molecule has 0 aliphatic heterocycles. The molecule has 0 unspecified atom stereocenters. The third-order valence-corrected chi connectivity index (χ3v) is 2.76. The van der Waals surface area contributed by atoms with Crippen molar-refractivity contribution in [2.45, 2.75) is 19.5 Å². The highest BCUT2D eigenvalue weighted by Crippen LogP contribution is 2.36. The van der Waals surface area contributed by atoms with E-state index in [0.717, 1.165) is 12.5 Å². The van der Waals surface area contributed by atoms with E-state index in [-0.39, 0.29) is 10.2 Å². The van der Waals surface area contributed by atoms with Crippen molar-refractivity contribution in [1.82, 2.24) is 5.32 Å². The minimum absolute atomic E-state index is 0.0606. The van der Waals surface area contributed by atoms with Crippen molar-refractivity contribution in [3.05, 3.63) is 28.2 Å². The fourth-order valence-electron chi connectivity index (χ4n) is 1.23. The SMILES string of the molecule is CCCNC(=O)Nc1ccc(Br)c(C(F)(F)F)c1. The Morgan fingerprint density at radius 1 is 1.39 bits per heavy atom. The predicted octanol–water partition coefficient (Wildman–Crippen LogP) is 4.00. The van der Waals surface area contributed by atoms with E-state index >= 15 is 0 Å². The Morgan fingerprint density at radius 2 is 2.06 bits per heavy atom. The Hall–Kier alpha value is -1.24. The van der Waals surface area contributed by atoms with Gasteiger partial charge >= 0.3 is 12.2 Å². The molecule has 0 saturated heterocycles. The molecule has 0 heterocycles. The molecule has 0 radical (unpaired) electrons. The molecule has 2 amide bonds. The van der Waals surface area contributed by atoms with E-state index in [1.165, 1.54) is 12.1 Å². The number of rotatable bonds is 3. The van der Waals surface area contributed by atoms with Gasteiger partial charge in [-0.1, -0.05) is 22.9 Å². The molecular formula is C11H12BrF3N2O. The van der Waals surface area contributed by atoms with Gasteiger partial charge < -0.3 is 10.6 Å². The van der Waals surface area contributed by atoms with Crippen molar-refractivity contribution in [2.24, 2.45) is 0 Å². The molecule has 1 aromatic rings. The van der Waals surface area contributed by atoms with Crippen LogP contribution in [-0.4, -0.2) is 12.6 Å². The Bertz CT molecular complexity index is 435. The van der Waals surface area contributed by atoms with Crippen LogP contribution in [-0.2, 0) is 6.18 Å². The van der Waals surface area contributed by atoms with Crippen molar-refractivity contribution >= 4 is 27.6 Å². The molecule has 0 saturated carbocycles. The predicted molar refractivity (Wildman–Crippen MR) is 66.5 cm³/mol. The topological polar surface area (TPSA) is 41.1 Å². The highest BCUT2D eigenvalue weighted by atomic mass is 79.9. The summed E-state index contributed by atoms with van der Waals surface area (Å²) in [5.41, 5.74) is -0.727. The van der Waals surface area contributed by atoms with Crippen LogP contribution in [0.25, 0.3) is 0 Å². The van der Waals surface area contributed by atoms with Crippen LogP contribution in [0.1, 0.15) is 18.9 Å². The molecule has 0 fully saturated rings. The minimum atomic E-state index is -4.46. The number of carbonyl (C=O) groups is 1. The lowest BCUT2D eigenvalue weighted by Crippen LogP contribution is -2.29. The first-order chi connectivity index (χ1) is 8.34. The number of anilines is 1. The molecule has 1 rings (SSSR count). The molecule has 3 nitrogen and oxygen atoms in total. The maximum absolute atomic E-state index is 12.6. The average Bonchev–Trinajstić information content (AvgIpc) is 2.27. The number of benzene rings is 1. The summed E-state index contributed by atoms with van der Waals surface area (Å²) in [5.74, 6) is 0. The van der Waals surface area contributed by atoms with Crippen LogP contribution in [0.5, 0.6) is 0 Å². The van der Waals surface area contributed by atoms with Gasteiger partial charge in [0.25, 0.3) is 0 Å². The van der Waals surface area contributed by atoms with Gasteiger partial charge in [0.1, 0.15) is 0 Å². The van der Waals surface area contributed by atoms with Crippen molar-refractivity contribution < 1.29 is 18.0 Å². The van der Waals surface area contributed by atoms with Gasteiger partial charge in [-0.05, 0) is 24.6 Å². The molecule has 0 aliphatic rings. The van der Waals surface area contributed by atoms with Crippen LogP contribution in [0.4, 0.5) is 23.7 Å². The van der Waals surface area contributed by atoms with E-state index in [4.69, 9.17) is 0 Å². The lowest BCUT2D eigenvalue weighted by atomic mass is 10.2. The average molecular weight is 325 g/mol. The number of hydrogen-bond acceptors (Lipinski definition) is 1. The van der Waals surface area contributed by atoms with E-state index in [9.17, 15) is 18.0 Å². The molecule has 100 valence electrons. The molecule has 0 atom stereocenters. The molecular weight excluding hydrogens is 313 g/mol. The van der Waals surface area contributed by atoms with Gasteiger partial charge in [0.2, 0.25) is 0 Å². The van der Waals surface area contributed by atoms with Gasteiger partial charge in [0.15, 0.2) is 0 Å². The van der Waals surface area contributed by atoms with Crippen LogP contribution >= 0.6 is 15.9 Å². The fraction of sp³-hybridized carbons (Fsp3) is 0.364. The zero-order chi connectivity index (χ0) is 13.8. The van der Waals surface area contributed by atoms with Crippen LogP contribution in [0.2, 0.25) is 0 Å². The van der Waals surface area contributed by atoms with Gasteiger partial charge in [-0.15, -0.1) is 0 Å². The van der Waals surface area contributed by atoms with E-state index in [1.807, 2.05) is 6.92 Å². The van der Waals surface area contributed by atoms with Crippen molar-refractivity contribution in [3.8, 4) is 0 Å². The van der Waals surface area contributed by atoms with E-state index in [2.05, 4.69) is 26.6 Å². The number of alkyl halides is 3. The van der Waals surface area contributed by atoms with E-state index in [1.54, 1.807) is 0 Å². The molecule has 0 spiro atoms. The molecule has 1 aromatic carbocycles. The number of halogens is 4. The number of hydrogen-bond donors (Lipinski definition) is 2. The highest BCUT2D eigenvalue weighted by Gasteiger charge is 2.33. The number of carbonyl (C=O) groups excluding carboxylic acids is 1. The summed E-state index contributed by atoms with van der Waals surface area (Å²) in [7, 11) is 0. The molecule has 0 aliphatic carbocycles. The summed E-state index contributed by atoms with van der Waals surface area (Å²) in [6, 6.07) is 3.01. The summed E-state index contributed by atoms with van der Waals surface area (Å²) >= 11 is 2.83. The van der Waals surface area contributed by atoms with Crippen LogP contribution in [0.3, 0.4) is 0 Å². The first-order valence-corrected chi connectivity index (χ1v) is 6.05. The summed E-state index contributed by atoms with van der Waals surface area (Å²) in [6.07, 6.45) is -3.71. The van der Waals surface area contributed by atoms with Gasteiger partial charge in [-0.25, -0.2) is 4.79 Å². The standard InChI is InChI=1S/C11H12BrF3N2O/c1-2-5-16-10(18)17-7-3-4-9(12)8(6-7)11(13,14)15/h3-4,6H,2,5H2,1H3,(H2,16,17,18). The van der Waals surface area contributed by atoms with Gasteiger partial charge in [0, 0.05) is 16.7 Å². The maximum atomic E-state index is 12.6. The smallest absolute Gasteiger partial charge is 0.338 e. The fourth-order valence-corrected chi connectivity index (χ4v) is 1.71. The highest BCUT2D eigenvalue weighted by molar-refractivity contribution is 9.10. The molecule has 18 heavy (non-hydrogen) atoms. The zero-order valence-electron chi connectivity index (χ0n) is 9.57. The molecule has 0 aromatic heterocycles. The number of amides is 2. The van der Waals surface area contributed by atoms with Crippen LogP contribution in [0, 0.1) is 0 Å². The van der Waals surface area contributed by atoms with E-state index < -0.39 is 17.8 Å². The third-order valence-electron chi connectivity index (χ3n) is 2.07. The Balaban J connectivity index is 2.83. The quantitative estimate of drug-likeness (QED) is 0.866. The maximum Gasteiger partial charge on any atom is 0.417 e. The Morgan fingerprint density at radius 3 is 2.61 bits per heavy atom. The van der Waals surface area contributed by atoms with Crippen LogP contribution < -0.4 is 10.6 Å². The second-order valence-electron chi connectivity index (χ2n) is 3.57. The second kappa shape index (κ2) is 6.08. The normalized spacial score (nSPS) is 11.2. The summed E-state index contributed by atoms with van der Waals surface area (Å²) < 4.78 is 37.8. The molecule has 7 heteroatoms. The largest absolute Gasteiger partial charge is 0.417 e. The second-order valence-corrected chi connectivity index (χ2v) is 4.43. The van der Waals surface area contributed by atoms with Crippen molar-refractivity contribution in [2.75, 3.05) is 11.9 Å². The zero-order valence-corrected chi connectivity index (χ0v) is 11.2. The van der Waals surface area contributed by atoms with E-state index in [0.29, 0.717) is 6.54 Å². The molecule has 0 bridgehead atoms. The summed E-state index contributed by atoms with van der Waals surface area (Å²) in [4.78, 5) is 11.3. The summed E-state index contributed by atoms with van der Waals surface area (Å²) in [5, 5.41) is 4.86. The lowest BCUT2D eigenvalue weighted by Gasteiger charge is -2.12. The summed E-state index contributed by atoms with van der Waals surface area (Å²) in [6.45, 7) is 2.34. The number of nitrogens with one attached hydrogen (secondary N) is 2. The first kappa shape index (κ1) is 14.8. The minimum Gasteiger partial charge on any atom is -0.338 e. The first-order valence-electron chi connectivity index (χ1n) is 5.26.